The highest BCUT2D eigenvalue weighted by molar-refractivity contribution is 7.13. The van der Waals surface area contributed by atoms with Crippen molar-refractivity contribution < 1.29 is 19.4 Å². The fourth-order valence-electron chi connectivity index (χ4n) is 5.03. The van der Waals surface area contributed by atoms with Crippen LogP contribution in [0, 0.1) is 0 Å². The van der Waals surface area contributed by atoms with Crippen molar-refractivity contribution in [1.29, 1.82) is 0 Å². The molecule has 0 aliphatic carbocycles. The molecule has 6 rings (SSSR count). The van der Waals surface area contributed by atoms with Gasteiger partial charge in [0.05, 0.1) is 35.4 Å². The van der Waals surface area contributed by atoms with E-state index in [1.807, 2.05) is 54.1 Å². The molecule has 0 radical (unpaired) electrons. The zero-order valence-electron chi connectivity index (χ0n) is 25.0. The summed E-state index contributed by atoms with van der Waals surface area (Å²) in [5.74, 6) is 0.626. The zero-order chi connectivity index (χ0) is 31.7. The maximum Gasteiger partial charge on any atom is 0.404 e. The van der Waals surface area contributed by atoms with Crippen LogP contribution in [0.2, 0.25) is 0 Å². The number of urea groups is 1. The first-order valence-electron chi connectivity index (χ1n) is 15.0. The van der Waals surface area contributed by atoms with Gasteiger partial charge in [0, 0.05) is 31.1 Å². The fraction of sp³-hybridized carbons (Fsp3) is 0.206. The number of rotatable bonds is 13. The molecule has 1 saturated heterocycles. The number of aryl methyl sites for hydroxylation is 1. The average Bonchev–Trinajstić information content (AvgIpc) is 3.85. The van der Waals surface area contributed by atoms with Crippen LogP contribution in [0.1, 0.15) is 23.4 Å². The molecule has 46 heavy (non-hydrogen) atoms. The van der Waals surface area contributed by atoms with Gasteiger partial charge < -0.3 is 25.4 Å². The minimum Gasteiger partial charge on any atom is -0.491 e. The van der Waals surface area contributed by atoms with E-state index >= 15 is 0 Å². The Morgan fingerprint density at radius 3 is 2.67 bits per heavy atom. The number of carbonyl (C=O) groups excluding carboxylic acids is 1. The highest BCUT2D eigenvalue weighted by atomic mass is 32.1. The van der Waals surface area contributed by atoms with E-state index in [-0.39, 0.29) is 6.03 Å². The largest absolute Gasteiger partial charge is 0.491 e. The number of carbonyl (C=O) groups is 2. The van der Waals surface area contributed by atoms with E-state index in [0.29, 0.717) is 51.4 Å². The van der Waals surface area contributed by atoms with Crippen molar-refractivity contribution in [3.05, 3.63) is 101 Å². The number of hydrogen-bond donors (Lipinski definition) is 3. The third-order valence-corrected chi connectivity index (χ3v) is 8.33. The Bertz CT molecular complexity index is 1820. The quantitative estimate of drug-likeness (QED) is 0.139. The van der Waals surface area contributed by atoms with Gasteiger partial charge in [0.25, 0.3) is 0 Å². The van der Waals surface area contributed by atoms with Gasteiger partial charge in [0.2, 0.25) is 0 Å². The number of thiazole rings is 1. The van der Waals surface area contributed by atoms with Crippen LogP contribution in [0.25, 0.3) is 39.5 Å². The van der Waals surface area contributed by atoms with Crippen molar-refractivity contribution >= 4 is 35.6 Å². The summed E-state index contributed by atoms with van der Waals surface area (Å²) in [4.78, 5) is 29.3. The van der Waals surface area contributed by atoms with E-state index in [4.69, 9.17) is 14.8 Å². The van der Waals surface area contributed by atoms with Gasteiger partial charge in [0.1, 0.15) is 17.4 Å². The first-order chi connectivity index (χ1) is 22.5. The van der Waals surface area contributed by atoms with Crippen molar-refractivity contribution in [3.8, 4) is 33.1 Å². The molecule has 12 heteroatoms. The molecular weight excluding hydrogens is 602 g/mol. The highest BCUT2D eigenvalue weighted by Gasteiger charge is 2.20. The predicted molar refractivity (Wildman–Crippen MR) is 178 cm³/mol. The molecule has 234 valence electrons. The summed E-state index contributed by atoms with van der Waals surface area (Å²) in [5, 5.41) is 25.3. The Kier molecular flexibility index (Phi) is 9.64. The molecule has 3 N–H and O–H groups in total. The van der Waals surface area contributed by atoms with Gasteiger partial charge in [-0.25, -0.2) is 19.3 Å². The maximum absolute atomic E-state index is 12.0. The van der Waals surface area contributed by atoms with E-state index in [2.05, 4.69) is 63.4 Å². The summed E-state index contributed by atoms with van der Waals surface area (Å²) in [7, 11) is 0. The summed E-state index contributed by atoms with van der Waals surface area (Å²) in [5.41, 5.74) is 6.63. The summed E-state index contributed by atoms with van der Waals surface area (Å²) >= 11 is 1.53. The number of amides is 3. The molecular formula is C34H33N7O4S. The summed E-state index contributed by atoms with van der Waals surface area (Å²) in [6.45, 7) is 2.40. The van der Waals surface area contributed by atoms with E-state index < -0.39 is 6.09 Å². The first kappa shape index (κ1) is 30.5. The topological polar surface area (TPSA) is 134 Å². The second-order valence-corrected chi connectivity index (χ2v) is 11.5. The molecule has 3 aromatic carbocycles. The third kappa shape index (κ3) is 7.77. The molecule has 0 bridgehead atoms. The zero-order valence-corrected chi connectivity index (χ0v) is 25.8. The van der Waals surface area contributed by atoms with Crippen molar-refractivity contribution in [1.82, 2.24) is 35.5 Å². The Morgan fingerprint density at radius 2 is 1.89 bits per heavy atom. The van der Waals surface area contributed by atoms with Gasteiger partial charge >= 0.3 is 12.1 Å². The SMILES string of the molecule is O=C(O)NCCCc1cn(-c2ccc(-c3nc(C=Cc4ccc(-c5ccccc5)cc4)cs3)c(OCCN3CCNC3=O)c2)nn1. The Hall–Kier alpha value is -5.49. The number of aromatic nitrogens is 4. The number of nitrogens with zero attached hydrogens (tertiary/aromatic N) is 5. The Morgan fingerprint density at radius 1 is 1.07 bits per heavy atom. The summed E-state index contributed by atoms with van der Waals surface area (Å²) < 4.78 is 7.93. The van der Waals surface area contributed by atoms with Crippen molar-refractivity contribution in [2.45, 2.75) is 12.8 Å². The number of hydrogen-bond acceptors (Lipinski definition) is 7. The molecule has 2 aromatic heterocycles. The van der Waals surface area contributed by atoms with Crippen LogP contribution in [-0.4, -0.2) is 74.9 Å². The fourth-order valence-corrected chi connectivity index (χ4v) is 5.85. The lowest BCUT2D eigenvalue weighted by Crippen LogP contribution is -2.31. The van der Waals surface area contributed by atoms with Crippen LogP contribution in [0.3, 0.4) is 0 Å². The van der Waals surface area contributed by atoms with Crippen molar-refractivity contribution in [3.63, 3.8) is 0 Å². The second-order valence-electron chi connectivity index (χ2n) is 10.6. The second kappa shape index (κ2) is 14.5. The average molecular weight is 636 g/mol. The molecule has 3 amide bonds. The van der Waals surface area contributed by atoms with Crippen LogP contribution in [0.5, 0.6) is 5.75 Å². The molecule has 5 aromatic rings. The van der Waals surface area contributed by atoms with Gasteiger partial charge in [-0.15, -0.1) is 16.4 Å². The number of benzene rings is 3. The van der Waals surface area contributed by atoms with Crippen LogP contribution >= 0.6 is 11.3 Å². The van der Waals surface area contributed by atoms with Gasteiger partial charge in [-0.1, -0.05) is 65.9 Å². The van der Waals surface area contributed by atoms with Crippen LogP contribution in [-0.2, 0) is 6.42 Å². The van der Waals surface area contributed by atoms with Crippen LogP contribution in [0.15, 0.2) is 84.4 Å². The van der Waals surface area contributed by atoms with E-state index in [9.17, 15) is 9.59 Å². The summed E-state index contributed by atoms with van der Waals surface area (Å²) in [6, 6.07) is 24.4. The van der Waals surface area contributed by atoms with Gasteiger partial charge in [-0.05, 0) is 47.7 Å². The standard InChI is InChI=1S/C34H33N7O4S/c42-33-35-17-18-40(33)19-20-45-31-21-29(41-22-27(38-39-41)7-4-16-36-34(43)44)14-15-30(31)32-37-28(23-46-32)13-10-24-8-11-26(12-9-24)25-5-2-1-3-6-25/h1-3,5-6,8-15,21-23,36H,4,7,16-20H2,(H,35,42)(H,43,44). The Labute approximate surface area is 270 Å². The number of nitrogens with one attached hydrogen (secondary N) is 2. The van der Waals surface area contributed by atoms with Gasteiger partial charge in [0.15, 0.2) is 0 Å². The lowest BCUT2D eigenvalue weighted by atomic mass is 10.0. The lowest BCUT2D eigenvalue weighted by Gasteiger charge is -2.16. The lowest BCUT2D eigenvalue weighted by molar-refractivity contribution is 0.194. The molecule has 3 heterocycles. The minimum absolute atomic E-state index is 0.0858. The van der Waals surface area contributed by atoms with E-state index in [0.717, 1.165) is 33.2 Å². The first-order valence-corrected chi connectivity index (χ1v) is 15.9. The molecule has 1 aliphatic rings. The maximum atomic E-state index is 12.0. The normalized spacial score (nSPS) is 12.9. The third-order valence-electron chi connectivity index (χ3n) is 7.44. The van der Waals surface area contributed by atoms with Gasteiger partial charge in [-0.3, -0.25) is 0 Å². The smallest absolute Gasteiger partial charge is 0.404 e. The monoisotopic (exact) mass is 635 g/mol. The molecule has 1 fully saturated rings. The molecule has 0 unspecified atom stereocenters. The van der Waals surface area contributed by atoms with Crippen molar-refractivity contribution in [2.24, 2.45) is 0 Å². The Balaban J connectivity index is 1.18. The molecule has 0 saturated carbocycles. The van der Waals surface area contributed by atoms with E-state index in [1.165, 1.54) is 22.5 Å². The minimum atomic E-state index is -1.04. The molecule has 1 aliphatic heterocycles. The number of ether oxygens (including phenoxy) is 1. The van der Waals surface area contributed by atoms with Gasteiger partial charge in [-0.2, -0.15) is 0 Å². The predicted octanol–water partition coefficient (Wildman–Crippen LogP) is 5.83. The molecule has 11 nitrogen and oxygen atoms in total. The van der Waals surface area contributed by atoms with Crippen molar-refractivity contribution in [2.75, 3.05) is 32.8 Å². The molecule has 0 atom stereocenters. The highest BCUT2D eigenvalue weighted by Crippen LogP contribution is 2.34. The van der Waals surface area contributed by atoms with Crippen LogP contribution < -0.4 is 15.4 Å². The molecule has 0 spiro atoms. The van der Waals surface area contributed by atoms with E-state index in [1.54, 1.807) is 9.58 Å². The van der Waals surface area contributed by atoms with Crippen LogP contribution in [0.4, 0.5) is 9.59 Å². The number of carboxylic acid groups (broad SMARTS) is 1. The summed E-state index contributed by atoms with van der Waals surface area (Å²) in [6.07, 6.45) is 6.04.